The van der Waals surface area contributed by atoms with Gasteiger partial charge in [-0.15, -0.1) is 0 Å². The first kappa shape index (κ1) is 17.3. The molecule has 2 aromatic rings. The van der Waals surface area contributed by atoms with Gasteiger partial charge in [-0.3, -0.25) is 4.79 Å². The molecule has 0 aliphatic carbocycles. The first-order valence-electron chi connectivity index (χ1n) is 8.50. The second-order valence-corrected chi connectivity index (χ2v) is 6.35. The van der Waals surface area contributed by atoms with Crippen LogP contribution in [0.2, 0.25) is 0 Å². The quantitative estimate of drug-likeness (QED) is 0.877. The number of carbonyl (C=O) groups is 1. The van der Waals surface area contributed by atoms with Crippen LogP contribution in [0.1, 0.15) is 17.2 Å². The Morgan fingerprint density at radius 1 is 1.08 bits per heavy atom. The van der Waals surface area contributed by atoms with E-state index >= 15 is 0 Å². The summed E-state index contributed by atoms with van der Waals surface area (Å²) in [7, 11) is 4.04. The molecule has 0 radical (unpaired) electrons. The van der Waals surface area contributed by atoms with Crippen molar-refractivity contribution in [1.29, 1.82) is 0 Å². The van der Waals surface area contributed by atoms with Crippen LogP contribution in [0.3, 0.4) is 0 Å². The molecule has 0 aromatic heterocycles. The van der Waals surface area contributed by atoms with E-state index in [1.165, 1.54) is 5.56 Å². The molecule has 25 heavy (non-hydrogen) atoms. The molecular weight excluding hydrogens is 316 g/mol. The van der Waals surface area contributed by atoms with Crippen LogP contribution < -0.4 is 14.8 Å². The van der Waals surface area contributed by atoms with Crippen LogP contribution in [-0.4, -0.2) is 44.7 Å². The maximum atomic E-state index is 12.3. The van der Waals surface area contributed by atoms with Gasteiger partial charge in [-0.05, 0) is 37.4 Å². The predicted molar refractivity (Wildman–Crippen MR) is 97.0 cm³/mol. The normalized spacial score (nSPS) is 14.2. The van der Waals surface area contributed by atoms with Crippen molar-refractivity contribution in [1.82, 2.24) is 10.2 Å². The Morgan fingerprint density at radius 2 is 1.80 bits per heavy atom. The first-order valence-corrected chi connectivity index (χ1v) is 8.50. The number of nitrogens with one attached hydrogen (secondary N) is 1. The van der Waals surface area contributed by atoms with Gasteiger partial charge in [0.2, 0.25) is 5.91 Å². The second kappa shape index (κ2) is 8.03. The van der Waals surface area contributed by atoms with Gasteiger partial charge in [0, 0.05) is 6.54 Å². The average molecular weight is 340 g/mol. The molecule has 0 bridgehead atoms. The van der Waals surface area contributed by atoms with Crippen molar-refractivity contribution < 1.29 is 14.3 Å². The van der Waals surface area contributed by atoms with Crippen LogP contribution in [-0.2, 0) is 11.2 Å². The Kier molecular flexibility index (Phi) is 5.56. The molecular formula is C20H24N2O3. The molecule has 1 N–H and O–H groups in total. The van der Waals surface area contributed by atoms with Gasteiger partial charge >= 0.3 is 0 Å². The minimum atomic E-state index is -0.000501. The third-order valence-corrected chi connectivity index (χ3v) is 4.27. The van der Waals surface area contributed by atoms with Gasteiger partial charge in [0.15, 0.2) is 11.5 Å². The molecule has 3 rings (SSSR count). The molecule has 0 fully saturated rings. The lowest BCUT2D eigenvalue weighted by molar-refractivity contribution is -0.120. The molecule has 1 atom stereocenters. The fourth-order valence-corrected chi connectivity index (χ4v) is 2.93. The molecule has 0 unspecified atom stereocenters. The van der Waals surface area contributed by atoms with Crippen molar-refractivity contribution in [2.24, 2.45) is 0 Å². The highest BCUT2D eigenvalue weighted by Crippen LogP contribution is 2.30. The Bertz CT molecular complexity index is 716. The van der Waals surface area contributed by atoms with Crippen molar-refractivity contribution in [3.63, 3.8) is 0 Å². The molecule has 0 spiro atoms. The monoisotopic (exact) mass is 340 g/mol. The number of fused-ring (bicyclic) bond motifs is 1. The van der Waals surface area contributed by atoms with E-state index < -0.39 is 0 Å². The fourth-order valence-electron chi connectivity index (χ4n) is 2.93. The van der Waals surface area contributed by atoms with Gasteiger partial charge in [-0.25, -0.2) is 0 Å². The lowest BCUT2D eigenvalue weighted by Gasteiger charge is -2.25. The van der Waals surface area contributed by atoms with E-state index in [0.717, 1.165) is 11.3 Å². The summed E-state index contributed by atoms with van der Waals surface area (Å²) < 4.78 is 11.1. The second-order valence-electron chi connectivity index (χ2n) is 6.35. The SMILES string of the molecule is CN(C)[C@@H](CNC(=O)Cc1ccc2c(c1)OCCO2)c1ccccc1. The van der Waals surface area contributed by atoms with Crippen molar-refractivity contribution in [2.45, 2.75) is 12.5 Å². The van der Waals surface area contributed by atoms with Crippen molar-refractivity contribution in [3.05, 3.63) is 59.7 Å². The summed E-state index contributed by atoms with van der Waals surface area (Å²) in [6.07, 6.45) is 0.325. The molecule has 0 saturated heterocycles. The van der Waals surface area contributed by atoms with Gasteiger partial charge in [-0.1, -0.05) is 36.4 Å². The Labute approximate surface area is 148 Å². The van der Waals surface area contributed by atoms with Gasteiger partial charge in [0.05, 0.1) is 12.5 Å². The van der Waals surface area contributed by atoms with Crippen LogP contribution in [0.5, 0.6) is 11.5 Å². The maximum Gasteiger partial charge on any atom is 0.224 e. The van der Waals surface area contributed by atoms with E-state index in [0.29, 0.717) is 31.9 Å². The van der Waals surface area contributed by atoms with E-state index in [2.05, 4.69) is 22.3 Å². The third kappa shape index (κ3) is 4.51. The zero-order valence-electron chi connectivity index (χ0n) is 14.7. The molecule has 1 aliphatic heterocycles. The summed E-state index contributed by atoms with van der Waals surface area (Å²) in [6, 6.07) is 16.0. The first-order chi connectivity index (χ1) is 12.1. The minimum absolute atomic E-state index is 0.000501. The van der Waals surface area contributed by atoms with E-state index in [4.69, 9.17) is 9.47 Å². The molecule has 5 heteroatoms. The van der Waals surface area contributed by atoms with Gasteiger partial charge < -0.3 is 19.7 Å². The summed E-state index contributed by atoms with van der Waals surface area (Å²) in [6.45, 7) is 1.68. The topological polar surface area (TPSA) is 50.8 Å². The number of rotatable bonds is 6. The van der Waals surface area contributed by atoms with Crippen LogP contribution >= 0.6 is 0 Å². The number of nitrogens with zero attached hydrogens (tertiary/aromatic N) is 1. The highest BCUT2D eigenvalue weighted by molar-refractivity contribution is 5.78. The summed E-state index contributed by atoms with van der Waals surface area (Å²) in [5.41, 5.74) is 2.11. The number of carbonyl (C=O) groups excluding carboxylic acids is 1. The van der Waals surface area contributed by atoms with E-state index in [1.807, 2.05) is 50.5 Å². The molecule has 1 heterocycles. The number of likely N-dealkylation sites (N-methyl/N-ethyl adjacent to an activating group) is 1. The summed E-state index contributed by atoms with van der Waals surface area (Å²) in [4.78, 5) is 14.4. The number of ether oxygens (including phenoxy) is 2. The maximum absolute atomic E-state index is 12.3. The molecule has 1 aliphatic rings. The van der Waals surface area contributed by atoms with Crippen molar-refractivity contribution in [3.8, 4) is 11.5 Å². The number of hydrogen-bond donors (Lipinski definition) is 1. The standard InChI is InChI=1S/C20H24N2O3/c1-22(2)17(16-6-4-3-5-7-16)14-21-20(23)13-15-8-9-18-19(12-15)25-11-10-24-18/h3-9,12,17H,10-11,13-14H2,1-2H3,(H,21,23)/t17-/m0/s1. The molecule has 0 saturated carbocycles. The molecule has 2 aromatic carbocycles. The summed E-state index contributed by atoms with van der Waals surface area (Å²) in [5, 5.41) is 3.04. The largest absolute Gasteiger partial charge is 0.486 e. The zero-order chi connectivity index (χ0) is 17.6. The molecule has 5 nitrogen and oxygen atoms in total. The van der Waals surface area contributed by atoms with Crippen LogP contribution in [0.4, 0.5) is 0 Å². The smallest absolute Gasteiger partial charge is 0.224 e. The Morgan fingerprint density at radius 3 is 2.52 bits per heavy atom. The van der Waals surface area contributed by atoms with Crippen molar-refractivity contribution in [2.75, 3.05) is 33.9 Å². The minimum Gasteiger partial charge on any atom is -0.486 e. The lowest BCUT2D eigenvalue weighted by atomic mass is 10.1. The number of amides is 1. The lowest BCUT2D eigenvalue weighted by Crippen LogP contribution is -2.35. The highest BCUT2D eigenvalue weighted by atomic mass is 16.6. The zero-order valence-corrected chi connectivity index (χ0v) is 14.7. The molecule has 132 valence electrons. The van der Waals surface area contributed by atoms with Crippen molar-refractivity contribution >= 4 is 5.91 Å². The summed E-state index contributed by atoms with van der Waals surface area (Å²) >= 11 is 0. The third-order valence-electron chi connectivity index (χ3n) is 4.27. The van der Waals surface area contributed by atoms with Gasteiger partial charge in [0.25, 0.3) is 0 Å². The van der Waals surface area contributed by atoms with Gasteiger partial charge in [-0.2, -0.15) is 0 Å². The highest BCUT2D eigenvalue weighted by Gasteiger charge is 2.16. The fraction of sp³-hybridized carbons (Fsp3) is 0.350. The number of benzene rings is 2. The number of hydrogen-bond acceptors (Lipinski definition) is 4. The van der Waals surface area contributed by atoms with Gasteiger partial charge in [0.1, 0.15) is 13.2 Å². The van der Waals surface area contributed by atoms with Crippen LogP contribution in [0.15, 0.2) is 48.5 Å². The molecule has 1 amide bonds. The predicted octanol–water partition coefficient (Wildman–Crippen LogP) is 2.42. The Balaban J connectivity index is 1.58. The van der Waals surface area contributed by atoms with Crippen LogP contribution in [0.25, 0.3) is 0 Å². The summed E-state index contributed by atoms with van der Waals surface area (Å²) in [5.74, 6) is 1.46. The van der Waals surface area contributed by atoms with Crippen LogP contribution in [0, 0.1) is 0 Å². The van der Waals surface area contributed by atoms with E-state index in [-0.39, 0.29) is 11.9 Å². The van der Waals surface area contributed by atoms with E-state index in [9.17, 15) is 4.79 Å². The Hall–Kier alpha value is -2.53. The average Bonchev–Trinajstić information content (AvgIpc) is 2.62. The van der Waals surface area contributed by atoms with E-state index in [1.54, 1.807) is 0 Å².